The highest BCUT2D eigenvalue weighted by atomic mass is 16.5. The van der Waals surface area contributed by atoms with Crippen LogP contribution in [-0.4, -0.2) is 11.9 Å². The first kappa shape index (κ1) is 6.06. The number of hydrazine groups is 1. The van der Waals surface area contributed by atoms with Gasteiger partial charge in [0, 0.05) is 6.20 Å². The average Bonchev–Trinajstić information content (AvgIpc) is 2.37. The van der Waals surface area contributed by atoms with Crippen molar-refractivity contribution >= 4 is 5.91 Å². The largest absolute Gasteiger partial charge is 0.759 e. The Morgan fingerprint density at radius 1 is 1.78 bits per heavy atom. The summed E-state index contributed by atoms with van der Waals surface area (Å²) in [6, 6.07) is -0.525. The molecule has 0 aromatic carbocycles. The molecule has 0 aromatic rings. The van der Waals surface area contributed by atoms with Gasteiger partial charge in [-0.1, -0.05) is 0 Å². The summed E-state index contributed by atoms with van der Waals surface area (Å²) in [6.07, 6.45) is 3.10. The zero-order valence-corrected chi connectivity index (χ0v) is 4.55. The Morgan fingerprint density at radius 2 is 2.56 bits per heavy atom. The molecule has 1 atom stereocenters. The second-order valence-electron chi connectivity index (χ2n) is 1.59. The van der Waals surface area contributed by atoms with Crippen LogP contribution in [0.2, 0.25) is 0 Å². The summed E-state index contributed by atoms with van der Waals surface area (Å²) in [5.74, 6) is -0.587. The lowest BCUT2D eigenvalue weighted by Crippen LogP contribution is -2.41. The molecule has 1 heterocycles. The van der Waals surface area contributed by atoms with E-state index in [1.54, 1.807) is 12.3 Å². The number of hydrogen-bond acceptors (Lipinski definition) is 4. The minimum absolute atomic E-state index is 0.525. The Bertz CT molecular complexity index is 145. The summed E-state index contributed by atoms with van der Waals surface area (Å²) in [6.45, 7) is 0. The Morgan fingerprint density at radius 3 is 3.00 bits per heavy atom. The fourth-order valence-corrected chi connectivity index (χ4v) is 0.547. The van der Waals surface area contributed by atoms with Crippen LogP contribution >= 0.6 is 0 Å². The zero-order valence-electron chi connectivity index (χ0n) is 4.55. The summed E-state index contributed by atoms with van der Waals surface area (Å²) in [4.78, 5) is 10.4. The van der Waals surface area contributed by atoms with Crippen LogP contribution in [0.25, 0.3) is 0 Å². The molecule has 0 radical (unpaired) electrons. The van der Waals surface area contributed by atoms with Crippen molar-refractivity contribution in [3.05, 3.63) is 17.5 Å². The van der Waals surface area contributed by atoms with E-state index >= 15 is 0 Å². The van der Waals surface area contributed by atoms with Crippen LogP contribution in [0.5, 0.6) is 0 Å². The lowest BCUT2D eigenvalue weighted by atomic mass is 10.3. The summed E-state index contributed by atoms with van der Waals surface area (Å²) in [5, 5.41) is 9.72. The number of hydrogen-bond donors (Lipinski definition) is 3. The average molecular weight is 128 g/mol. The Labute approximate surface area is 51.7 Å². The fourth-order valence-electron chi connectivity index (χ4n) is 0.547. The molecule has 1 amide bonds. The fraction of sp³-hybridized carbons (Fsp3) is 0.250. The second-order valence-corrected chi connectivity index (χ2v) is 1.59. The molecule has 1 unspecified atom stereocenters. The van der Waals surface area contributed by atoms with Crippen LogP contribution in [0.15, 0.2) is 12.3 Å². The Balaban J connectivity index is 2.43. The molecule has 3 N–H and O–H groups in total. The molecular weight excluding hydrogens is 122 g/mol. The van der Waals surface area contributed by atoms with Crippen molar-refractivity contribution in [1.82, 2.24) is 16.3 Å². The molecule has 0 aliphatic carbocycles. The molecule has 0 bridgehead atoms. The quantitative estimate of drug-likeness (QED) is 0.379. The molecule has 0 saturated carbocycles. The van der Waals surface area contributed by atoms with Gasteiger partial charge in [0.2, 0.25) is 5.91 Å². The van der Waals surface area contributed by atoms with E-state index in [4.69, 9.17) is 0 Å². The zero-order chi connectivity index (χ0) is 6.69. The first-order valence-corrected chi connectivity index (χ1v) is 2.44. The third-order valence-electron chi connectivity index (χ3n) is 0.994. The van der Waals surface area contributed by atoms with Crippen molar-refractivity contribution in [1.29, 1.82) is 0 Å². The van der Waals surface area contributed by atoms with Crippen molar-refractivity contribution in [2.75, 3.05) is 0 Å². The van der Waals surface area contributed by atoms with Gasteiger partial charge in [-0.3, -0.25) is 4.79 Å². The number of nitrogens with one attached hydrogen (secondary N) is 3. The first-order valence-electron chi connectivity index (χ1n) is 2.44. The smallest absolute Gasteiger partial charge is 0.232 e. The lowest BCUT2D eigenvalue weighted by Gasteiger charge is -2.11. The van der Waals surface area contributed by atoms with E-state index in [0.29, 0.717) is 0 Å². The number of hydroxylamine groups is 1. The maximum Gasteiger partial charge on any atom is 0.232 e. The van der Waals surface area contributed by atoms with Crippen molar-refractivity contribution in [3.63, 3.8) is 0 Å². The van der Waals surface area contributed by atoms with Crippen LogP contribution in [0, 0.1) is 5.21 Å². The summed E-state index contributed by atoms with van der Waals surface area (Å²) in [5.41, 5.74) is 6.36. The summed E-state index contributed by atoms with van der Waals surface area (Å²) in [7, 11) is 0. The number of rotatable bonds is 1. The molecule has 50 valence electrons. The molecule has 0 fully saturated rings. The van der Waals surface area contributed by atoms with Crippen LogP contribution in [0.4, 0.5) is 0 Å². The first-order chi connectivity index (χ1) is 4.34. The number of carbonyl (C=O) groups excluding carboxylic acids is 1. The third kappa shape index (κ3) is 1.18. The predicted octanol–water partition coefficient (Wildman–Crippen LogP) is -1.41. The summed E-state index contributed by atoms with van der Waals surface area (Å²) < 4.78 is 0. The van der Waals surface area contributed by atoms with E-state index < -0.39 is 11.9 Å². The normalized spacial score (nSPS) is 23.4. The molecule has 1 rings (SSSR count). The highest BCUT2D eigenvalue weighted by Crippen LogP contribution is 1.88. The van der Waals surface area contributed by atoms with Gasteiger partial charge in [-0.2, -0.15) is 0 Å². The van der Waals surface area contributed by atoms with Crippen LogP contribution < -0.4 is 16.3 Å². The number of amides is 1. The van der Waals surface area contributed by atoms with Crippen molar-refractivity contribution < 1.29 is 4.79 Å². The van der Waals surface area contributed by atoms with Crippen molar-refractivity contribution in [2.24, 2.45) is 0 Å². The third-order valence-corrected chi connectivity index (χ3v) is 0.994. The van der Waals surface area contributed by atoms with Gasteiger partial charge in [0.1, 0.15) is 6.04 Å². The van der Waals surface area contributed by atoms with Crippen LogP contribution in [0.1, 0.15) is 0 Å². The van der Waals surface area contributed by atoms with Gasteiger partial charge in [-0.25, -0.2) is 5.43 Å². The van der Waals surface area contributed by atoms with Gasteiger partial charge in [0.15, 0.2) is 0 Å². The predicted molar refractivity (Wildman–Crippen MR) is 30.7 cm³/mol. The highest BCUT2D eigenvalue weighted by molar-refractivity contribution is 5.84. The molecular formula is C4H6N3O2-. The minimum Gasteiger partial charge on any atom is -0.759 e. The van der Waals surface area contributed by atoms with Gasteiger partial charge in [-0.15, -0.1) is 0 Å². The lowest BCUT2D eigenvalue weighted by molar-refractivity contribution is -0.121. The molecule has 1 aliphatic rings. The molecule has 9 heavy (non-hydrogen) atoms. The topological polar surface area (TPSA) is 76.2 Å². The van der Waals surface area contributed by atoms with Crippen molar-refractivity contribution in [3.8, 4) is 0 Å². The van der Waals surface area contributed by atoms with Gasteiger partial charge < -0.3 is 16.1 Å². The van der Waals surface area contributed by atoms with Gasteiger partial charge >= 0.3 is 0 Å². The Hall–Kier alpha value is -1.07. The highest BCUT2D eigenvalue weighted by Gasteiger charge is 2.13. The maximum atomic E-state index is 10.4. The summed E-state index contributed by atoms with van der Waals surface area (Å²) >= 11 is 0. The SMILES string of the molecule is O=C(N[O-])C1C=CNN1. The monoisotopic (exact) mass is 128 g/mol. The van der Waals surface area contributed by atoms with Gasteiger partial charge in [0.25, 0.3) is 0 Å². The van der Waals surface area contributed by atoms with Crippen LogP contribution in [-0.2, 0) is 4.79 Å². The maximum absolute atomic E-state index is 10.4. The number of carbonyl (C=O) groups is 1. The second kappa shape index (κ2) is 2.47. The van der Waals surface area contributed by atoms with E-state index in [9.17, 15) is 10.0 Å². The molecule has 5 nitrogen and oxygen atoms in total. The van der Waals surface area contributed by atoms with E-state index in [-0.39, 0.29) is 0 Å². The standard InChI is InChI=1S/C4H6N3O2/c8-4(7-9)3-1-2-5-6-3/h1-3,5-6H,(H-,7,8,9)/q-1. The van der Waals surface area contributed by atoms with Crippen molar-refractivity contribution in [2.45, 2.75) is 6.04 Å². The minimum atomic E-state index is -0.587. The molecule has 0 spiro atoms. The van der Waals surface area contributed by atoms with E-state index in [2.05, 4.69) is 10.9 Å². The van der Waals surface area contributed by atoms with E-state index in [0.717, 1.165) is 0 Å². The van der Waals surface area contributed by atoms with E-state index in [1.165, 1.54) is 5.48 Å². The van der Waals surface area contributed by atoms with Crippen LogP contribution in [0.3, 0.4) is 0 Å². The van der Waals surface area contributed by atoms with Gasteiger partial charge in [0.05, 0.1) is 0 Å². The van der Waals surface area contributed by atoms with Gasteiger partial charge in [-0.05, 0) is 6.08 Å². The molecule has 5 heteroatoms. The molecule has 0 saturated heterocycles. The van der Waals surface area contributed by atoms with E-state index in [1.807, 2.05) is 0 Å². The Kier molecular flexibility index (Phi) is 1.66. The molecule has 1 aliphatic heterocycles. The molecule has 0 aromatic heterocycles.